The van der Waals surface area contributed by atoms with Gasteiger partial charge in [0.15, 0.2) is 5.16 Å². The van der Waals surface area contributed by atoms with Gasteiger partial charge in [0.2, 0.25) is 0 Å². The number of hydrogen-bond acceptors (Lipinski definition) is 5. The topological polar surface area (TPSA) is 52.0 Å². The van der Waals surface area contributed by atoms with Gasteiger partial charge in [-0.3, -0.25) is 0 Å². The van der Waals surface area contributed by atoms with E-state index in [1.165, 1.54) is 0 Å². The molecule has 1 aromatic carbocycles. The zero-order valence-corrected chi connectivity index (χ0v) is 12.1. The number of thioether (sulfide) groups is 1. The van der Waals surface area contributed by atoms with Crippen LogP contribution in [0.1, 0.15) is 11.6 Å². The second-order valence-corrected chi connectivity index (χ2v) is 5.11. The third-order valence-electron chi connectivity index (χ3n) is 2.91. The maximum atomic E-state index is 5.41. The molecule has 0 aliphatic heterocycles. The minimum absolute atomic E-state index is 0.206. The number of para-hydroxylation sites is 1. The second-order valence-electron chi connectivity index (χ2n) is 4.12. The van der Waals surface area contributed by atoms with Crippen LogP contribution in [0.25, 0.3) is 0 Å². The van der Waals surface area contributed by atoms with Crippen LogP contribution in [0.5, 0.6) is 5.75 Å². The molecule has 0 saturated carbocycles. The Morgan fingerprint density at radius 3 is 2.84 bits per heavy atom. The molecule has 0 amide bonds. The van der Waals surface area contributed by atoms with Gasteiger partial charge < -0.3 is 14.6 Å². The highest BCUT2D eigenvalue weighted by Crippen LogP contribution is 2.28. The van der Waals surface area contributed by atoms with E-state index in [9.17, 15) is 0 Å². The quantitative estimate of drug-likeness (QED) is 0.818. The van der Waals surface area contributed by atoms with Gasteiger partial charge in [-0.1, -0.05) is 30.0 Å². The minimum Gasteiger partial charge on any atom is -0.496 e. The van der Waals surface area contributed by atoms with Crippen molar-refractivity contribution >= 4 is 11.8 Å². The Labute approximate surface area is 117 Å². The van der Waals surface area contributed by atoms with Gasteiger partial charge in [0, 0.05) is 24.4 Å². The van der Waals surface area contributed by atoms with Crippen molar-refractivity contribution < 1.29 is 4.74 Å². The number of hydrogen-bond donors (Lipinski definition) is 1. The van der Waals surface area contributed by atoms with E-state index in [1.54, 1.807) is 25.2 Å². The van der Waals surface area contributed by atoms with Gasteiger partial charge in [0.05, 0.1) is 7.11 Å². The summed E-state index contributed by atoms with van der Waals surface area (Å²) < 4.78 is 7.32. The summed E-state index contributed by atoms with van der Waals surface area (Å²) in [6.45, 7) is 0. The molecule has 2 rings (SSSR count). The molecular formula is C13H18N4OS. The van der Waals surface area contributed by atoms with E-state index in [-0.39, 0.29) is 6.04 Å². The van der Waals surface area contributed by atoms with Crippen LogP contribution in [0, 0.1) is 0 Å². The molecule has 1 N–H and O–H groups in total. The van der Waals surface area contributed by atoms with Crippen LogP contribution >= 0.6 is 11.8 Å². The largest absolute Gasteiger partial charge is 0.496 e. The molecule has 0 spiro atoms. The second kappa shape index (κ2) is 6.58. The summed E-state index contributed by atoms with van der Waals surface area (Å²) in [6, 6.07) is 8.27. The van der Waals surface area contributed by atoms with Crippen LogP contribution in [0.3, 0.4) is 0 Å². The first-order chi connectivity index (χ1) is 9.26. The fourth-order valence-corrected chi connectivity index (χ4v) is 2.86. The number of aromatic nitrogens is 3. The van der Waals surface area contributed by atoms with Crippen molar-refractivity contribution in [3.63, 3.8) is 0 Å². The average molecular weight is 278 g/mol. The Morgan fingerprint density at radius 2 is 2.21 bits per heavy atom. The molecule has 6 heteroatoms. The van der Waals surface area contributed by atoms with Gasteiger partial charge in [0.1, 0.15) is 12.1 Å². The first-order valence-electron chi connectivity index (χ1n) is 6.03. The summed E-state index contributed by atoms with van der Waals surface area (Å²) in [7, 11) is 5.59. The molecule has 1 unspecified atom stereocenters. The van der Waals surface area contributed by atoms with E-state index < -0.39 is 0 Å². The lowest BCUT2D eigenvalue weighted by atomic mass is 10.1. The van der Waals surface area contributed by atoms with Crippen molar-refractivity contribution in [3.8, 4) is 5.75 Å². The maximum absolute atomic E-state index is 5.41. The van der Waals surface area contributed by atoms with Gasteiger partial charge in [-0.15, -0.1) is 10.2 Å². The molecule has 102 valence electrons. The Balaban J connectivity index is 2.10. The lowest BCUT2D eigenvalue weighted by Gasteiger charge is -2.18. The van der Waals surface area contributed by atoms with E-state index in [4.69, 9.17) is 4.74 Å². The lowest BCUT2D eigenvalue weighted by molar-refractivity contribution is 0.404. The van der Waals surface area contributed by atoms with E-state index >= 15 is 0 Å². The zero-order chi connectivity index (χ0) is 13.7. The number of nitrogens with zero attached hydrogens (tertiary/aromatic N) is 3. The van der Waals surface area contributed by atoms with Crippen molar-refractivity contribution in [2.45, 2.75) is 11.2 Å². The SMILES string of the molecule is CNC(CSc1nncn1C)c1ccccc1OC. The third-order valence-corrected chi connectivity index (χ3v) is 4.04. The number of benzene rings is 1. The monoisotopic (exact) mass is 278 g/mol. The summed E-state index contributed by atoms with van der Waals surface area (Å²) in [5.74, 6) is 1.77. The molecule has 0 bridgehead atoms. The van der Waals surface area contributed by atoms with Gasteiger partial charge >= 0.3 is 0 Å². The fourth-order valence-electron chi connectivity index (χ4n) is 1.84. The molecule has 0 aliphatic carbocycles. The number of rotatable bonds is 6. The van der Waals surface area contributed by atoms with Crippen LogP contribution in [0.2, 0.25) is 0 Å². The highest BCUT2D eigenvalue weighted by molar-refractivity contribution is 7.99. The number of nitrogens with one attached hydrogen (secondary N) is 1. The first kappa shape index (κ1) is 13.9. The summed E-state index contributed by atoms with van der Waals surface area (Å²) in [5, 5.41) is 12.2. The smallest absolute Gasteiger partial charge is 0.190 e. The van der Waals surface area contributed by atoms with Gasteiger partial charge in [-0.2, -0.15) is 0 Å². The Bertz CT molecular complexity index is 529. The number of aryl methyl sites for hydroxylation is 1. The Kier molecular flexibility index (Phi) is 4.81. The van der Waals surface area contributed by atoms with E-state index in [1.807, 2.05) is 36.9 Å². The summed E-state index contributed by atoms with van der Waals surface area (Å²) in [6.07, 6.45) is 1.71. The Morgan fingerprint density at radius 1 is 1.42 bits per heavy atom. The van der Waals surface area contributed by atoms with Crippen LogP contribution in [-0.4, -0.2) is 34.7 Å². The molecule has 0 radical (unpaired) electrons. The van der Waals surface area contributed by atoms with E-state index in [2.05, 4.69) is 21.6 Å². The highest BCUT2D eigenvalue weighted by Gasteiger charge is 2.15. The molecule has 0 saturated heterocycles. The Hall–Kier alpha value is -1.53. The molecule has 1 aromatic heterocycles. The van der Waals surface area contributed by atoms with Gasteiger partial charge in [-0.25, -0.2) is 0 Å². The normalized spacial score (nSPS) is 12.4. The predicted octanol–water partition coefficient (Wildman–Crippen LogP) is 1.88. The molecule has 0 fully saturated rings. The first-order valence-corrected chi connectivity index (χ1v) is 7.01. The standard InChI is InChI=1S/C13H18N4OS/c1-14-11(8-19-13-16-15-9-17(13)2)10-6-4-5-7-12(10)18-3/h4-7,9,11,14H,8H2,1-3H3. The molecule has 2 aromatic rings. The highest BCUT2D eigenvalue weighted by atomic mass is 32.2. The zero-order valence-electron chi connectivity index (χ0n) is 11.3. The van der Waals surface area contributed by atoms with E-state index in [0.29, 0.717) is 0 Å². The molecular weight excluding hydrogens is 260 g/mol. The van der Waals surface area contributed by atoms with Crippen LogP contribution < -0.4 is 10.1 Å². The molecule has 1 heterocycles. The van der Waals surface area contributed by atoms with Crippen LogP contribution in [0.15, 0.2) is 35.7 Å². The minimum atomic E-state index is 0.206. The molecule has 5 nitrogen and oxygen atoms in total. The van der Waals surface area contributed by atoms with Crippen molar-refractivity contribution in [3.05, 3.63) is 36.2 Å². The van der Waals surface area contributed by atoms with Crippen LogP contribution in [-0.2, 0) is 7.05 Å². The third kappa shape index (κ3) is 3.27. The van der Waals surface area contributed by atoms with Crippen molar-refractivity contribution in [1.82, 2.24) is 20.1 Å². The summed E-state index contributed by atoms with van der Waals surface area (Å²) in [4.78, 5) is 0. The maximum Gasteiger partial charge on any atom is 0.190 e. The number of methoxy groups -OCH3 is 1. The predicted molar refractivity (Wildman–Crippen MR) is 76.5 cm³/mol. The fraction of sp³-hybridized carbons (Fsp3) is 0.385. The summed E-state index contributed by atoms with van der Waals surface area (Å²) >= 11 is 1.67. The summed E-state index contributed by atoms with van der Waals surface area (Å²) in [5.41, 5.74) is 1.15. The van der Waals surface area contributed by atoms with Crippen molar-refractivity contribution in [2.75, 3.05) is 19.9 Å². The molecule has 19 heavy (non-hydrogen) atoms. The van der Waals surface area contributed by atoms with Crippen LogP contribution in [0.4, 0.5) is 0 Å². The molecule has 0 aliphatic rings. The van der Waals surface area contributed by atoms with Crippen molar-refractivity contribution in [2.24, 2.45) is 7.05 Å². The van der Waals surface area contributed by atoms with Gasteiger partial charge in [0.25, 0.3) is 0 Å². The van der Waals surface area contributed by atoms with E-state index in [0.717, 1.165) is 22.2 Å². The van der Waals surface area contributed by atoms with Crippen molar-refractivity contribution in [1.29, 1.82) is 0 Å². The molecule has 1 atom stereocenters. The van der Waals surface area contributed by atoms with Gasteiger partial charge in [-0.05, 0) is 13.1 Å². The number of ether oxygens (including phenoxy) is 1. The lowest BCUT2D eigenvalue weighted by Crippen LogP contribution is -2.19. The average Bonchev–Trinajstić information content (AvgIpc) is 2.85.